The molecule has 0 radical (unpaired) electrons. The predicted molar refractivity (Wildman–Crippen MR) is 60.7 cm³/mol. The van der Waals surface area contributed by atoms with Crippen molar-refractivity contribution in [2.45, 2.75) is 25.9 Å². The van der Waals surface area contributed by atoms with Crippen molar-refractivity contribution >= 4 is 5.91 Å². The summed E-state index contributed by atoms with van der Waals surface area (Å²) in [5.74, 6) is 0.209. The lowest BCUT2D eigenvalue weighted by Crippen LogP contribution is -2.41. The number of nitrogens with one attached hydrogen (secondary N) is 1. The molecule has 0 saturated carbocycles. The molecule has 17 heavy (non-hydrogen) atoms. The number of ether oxygens (including phenoxy) is 1. The fraction of sp³-hybridized carbons (Fsp3) is 0.636. The predicted octanol–water partition coefficient (Wildman–Crippen LogP) is 0.500. The van der Waals surface area contributed by atoms with Gasteiger partial charge < -0.3 is 19.7 Å². The molecule has 1 rings (SSSR count). The van der Waals surface area contributed by atoms with Gasteiger partial charge in [0.15, 0.2) is 5.69 Å². The van der Waals surface area contributed by atoms with Crippen molar-refractivity contribution in [3.05, 3.63) is 17.5 Å². The van der Waals surface area contributed by atoms with Gasteiger partial charge in [0, 0.05) is 32.7 Å². The summed E-state index contributed by atoms with van der Waals surface area (Å²) in [6.45, 7) is 3.92. The minimum Gasteiger partial charge on any atom is -0.388 e. The Balaban J connectivity index is 2.42. The zero-order valence-corrected chi connectivity index (χ0v) is 10.3. The Kier molecular flexibility index (Phi) is 4.65. The highest BCUT2D eigenvalue weighted by Gasteiger charge is 2.22. The highest BCUT2D eigenvalue weighted by atomic mass is 16.5. The first-order valence-electron chi connectivity index (χ1n) is 5.37. The molecule has 0 aromatic carbocycles. The highest BCUT2D eigenvalue weighted by molar-refractivity contribution is 5.92. The van der Waals surface area contributed by atoms with E-state index in [-0.39, 0.29) is 18.1 Å². The fourth-order valence-electron chi connectivity index (χ4n) is 1.24. The van der Waals surface area contributed by atoms with E-state index in [1.54, 1.807) is 27.0 Å². The Morgan fingerprint density at radius 1 is 1.71 bits per heavy atom. The number of aryl methyl sites for hydroxylation is 1. The molecule has 1 aromatic heterocycles. The topological polar surface area (TPSA) is 84.6 Å². The van der Waals surface area contributed by atoms with Crippen LogP contribution in [-0.2, 0) is 4.74 Å². The molecule has 0 bridgehead atoms. The molecule has 1 amide bonds. The van der Waals surface area contributed by atoms with E-state index >= 15 is 0 Å². The van der Waals surface area contributed by atoms with Crippen LogP contribution < -0.4 is 5.32 Å². The number of methoxy groups -OCH3 is 1. The molecule has 0 fully saturated rings. The van der Waals surface area contributed by atoms with E-state index in [1.807, 2.05) is 0 Å². The van der Waals surface area contributed by atoms with E-state index in [9.17, 15) is 9.90 Å². The Morgan fingerprint density at radius 2 is 2.41 bits per heavy atom. The van der Waals surface area contributed by atoms with E-state index < -0.39 is 5.60 Å². The SMILES string of the molecule is COCCC(C)(O)CNC(=O)c1cc(C)on1. The average molecular weight is 242 g/mol. The number of amides is 1. The standard InChI is InChI=1S/C11H18N2O4/c1-8-6-9(13-17-8)10(14)12-7-11(2,15)4-5-16-3/h6,15H,4-5,7H2,1-3H3,(H,12,14). The van der Waals surface area contributed by atoms with E-state index in [4.69, 9.17) is 9.26 Å². The molecule has 1 atom stereocenters. The molecule has 6 heteroatoms. The third-order valence-corrected chi connectivity index (χ3v) is 2.34. The summed E-state index contributed by atoms with van der Waals surface area (Å²) in [4.78, 5) is 11.6. The molecule has 1 unspecified atom stereocenters. The van der Waals surface area contributed by atoms with Crippen molar-refractivity contribution in [3.8, 4) is 0 Å². The normalized spacial score (nSPS) is 14.4. The van der Waals surface area contributed by atoms with Crippen molar-refractivity contribution in [2.75, 3.05) is 20.3 Å². The maximum absolute atomic E-state index is 11.6. The average Bonchev–Trinajstić information content (AvgIpc) is 2.70. The highest BCUT2D eigenvalue weighted by Crippen LogP contribution is 2.08. The molecule has 1 heterocycles. The van der Waals surface area contributed by atoms with Crippen LogP contribution in [0.25, 0.3) is 0 Å². The van der Waals surface area contributed by atoms with Crippen LogP contribution in [0.15, 0.2) is 10.6 Å². The first kappa shape index (κ1) is 13.7. The zero-order valence-electron chi connectivity index (χ0n) is 10.3. The van der Waals surface area contributed by atoms with Crippen LogP contribution >= 0.6 is 0 Å². The van der Waals surface area contributed by atoms with E-state index in [0.717, 1.165) is 0 Å². The van der Waals surface area contributed by atoms with Gasteiger partial charge >= 0.3 is 0 Å². The van der Waals surface area contributed by atoms with Crippen LogP contribution in [0.3, 0.4) is 0 Å². The Labute approximate surface area is 99.9 Å². The van der Waals surface area contributed by atoms with Gasteiger partial charge in [-0.05, 0) is 13.8 Å². The van der Waals surface area contributed by atoms with Crippen LogP contribution in [0, 0.1) is 6.92 Å². The number of carbonyl (C=O) groups is 1. The third kappa shape index (κ3) is 4.54. The minimum atomic E-state index is -0.996. The van der Waals surface area contributed by atoms with Crippen LogP contribution in [0.1, 0.15) is 29.6 Å². The molecular formula is C11H18N2O4. The van der Waals surface area contributed by atoms with Gasteiger partial charge in [0.25, 0.3) is 5.91 Å². The summed E-state index contributed by atoms with van der Waals surface area (Å²) >= 11 is 0. The second-order valence-corrected chi connectivity index (χ2v) is 4.25. The summed E-state index contributed by atoms with van der Waals surface area (Å²) in [5.41, 5.74) is -0.783. The van der Waals surface area contributed by atoms with Crippen molar-refractivity contribution in [2.24, 2.45) is 0 Å². The number of aliphatic hydroxyl groups is 1. The monoisotopic (exact) mass is 242 g/mol. The van der Waals surface area contributed by atoms with Gasteiger partial charge in [0.05, 0.1) is 5.60 Å². The van der Waals surface area contributed by atoms with Gasteiger partial charge in [-0.15, -0.1) is 0 Å². The smallest absolute Gasteiger partial charge is 0.273 e. The summed E-state index contributed by atoms with van der Waals surface area (Å²) in [5, 5.41) is 16.1. The van der Waals surface area contributed by atoms with Crippen molar-refractivity contribution in [1.82, 2.24) is 10.5 Å². The Morgan fingerprint density at radius 3 is 2.94 bits per heavy atom. The molecule has 0 saturated heterocycles. The molecule has 0 aliphatic rings. The second kappa shape index (κ2) is 5.79. The lowest BCUT2D eigenvalue weighted by molar-refractivity contribution is 0.0242. The number of hydrogen-bond acceptors (Lipinski definition) is 5. The van der Waals surface area contributed by atoms with Crippen molar-refractivity contribution in [3.63, 3.8) is 0 Å². The van der Waals surface area contributed by atoms with Gasteiger partial charge in [0.1, 0.15) is 5.76 Å². The van der Waals surface area contributed by atoms with Crippen molar-refractivity contribution in [1.29, 1.82) is 0 Å². The van der Waals surface area contributed by atoms with Crippen LogP contribution in [0.5, 0.6) is 0 Å². The summed E-state index contributed by atoms with van der Waals surface area (Å²) in [6.07, 6.45) is 0.446. The lowest BCUT2D eigenvalue weighted by Gasteiger charge is -2.22. The molecule has 0 aliphatic carbocycles. The number of rotatable bonds is 6. The van der Waals surface area contributed by atoms with E-state index in [1.165, 1.54) is 0 Å². The van der Waals surface area contributed by atoms with Gasteiger partial charge in [-0.3, -0.25) is 4.79 Å². The van der Waals surface area contributed by atoms with E-state index in [0.29, 0.717) is 18.8 Å². The maximum atomic E-state index is 11.6. The van der Waals surface area contributed by atoms with Crippen LogP contribution in [0.4, 0.5) is 0 Å². The Bertz CT molecular complexity index is 373. The van der Waals surface area contributed by atoms with Gasteiger partial charge in [-0.1, -0.05) is 5.16 Å². The first-order valence-corrected chi connectivity index (χ1v) is 5.37. The van der Waals surface area contributed by atoms with Crippen molar-refractivity contribution < 1.29 is 19.2 Å². The molecule has 0 aliphatic heterocycles. The van der Waals surface area contributed by atoms with Gasteiger partial charge in [0.2, 0.25) is 0 Å². The number of hydrogen-bond donors (Lipinski definition) is 2. The van der Waals surface area contributed by atoms with Crippen LogP contribution in [-0.4, -0.2) is 42.0 Å². The summed E-state index contributed by atoms with van der Waals surface area (Å²) < 4.78 is 9.66. The van der Waals surface area contributed by atoms with E-state index in [2.05, 4.69) is 10.5 Å². The molecule has 2 N–H and O–H groups in total. The largest absolute Gasteiger partial charge is 0.388 e. The fourth-order valence-corrected chi connectivity index (χ4v) is 1.24. The second-order valence-electron chi connectivity index (χ2n) is 4.25. The lowest BCUT2D eigenvalue weighted by atomic mass is 10.0. The summed E-state index contributed by atoms with van der Waals surface area (Å²) in [7, 11) is 1.56. The molecular weight excluding hydrogens is 224 g/mol. The number of nitrogens with zero attached hydrogens (tertiary/aromatic N) is 1. The van der Waals surface area contributed by atoms with Gasteiger partial charge in [-0.25, -0.2) is 0 Å². The third-order valence-electron chi connectivity index (χ3n) is 2.34. The summed E-state index contributed by atoms with van der Waals surface area (Å²) in [6, 6.07) is 1.54. The number of carbonyl (C=O) groups excluding carboxylic acids is 1. The first-order chi connectivity index (χ1) is 7.94. The quantitative estimate of drug-likeness (QED) is 0.758. The van der Waals surface area contributed by atoms with Gasteiger partial charge in [-0.2, -0.15) is 0 Å². The molecule has 0 spiro atoms. The maximum Gasteiger partial charge on any atom is 0.273 e. The molecule has 96 valence electrons. The molecule has 6 nitrogen and oxygen atoms in total. The Hall–Kier alpha value is -1.40. The minimum absolute atomic E-state index is 0.140. The zero-order chi connectivity index (χ0) is 12.9. The molecule has 1 aromatic rings. The van der Waals surface area contributed by atoms with Crippen LogP contribution in [0.2, 0.25) is 0 Å². The number of aromatic nitrogens is 1.